The summed E-state index contributed by atoms with van der Waals surface area (Å²) in [6.07, 6.45) is 3.17. The van der Waals surface area contributed by atoms with E-state index in [0.29, 0.717) is 25.3 Å². The highest BCUT2D eigenvalue weighted by Gasteiger charge is 2.43. The van der Waals surface area contributed by atoms with Gasteiger partial charge >= 0.3 is 6.03 Å². The van der Waals surface area contributed by atoms with Gasteiger partial charge in [0.25, 0.3) is 5.91 Å². The average Bonchev–Trinajstić information content (AvgIpc) is 3.44. The second-order valence-electron chi connectivity index (χ2n) is 8.20. The van der Waals surface area contributed by atoms with Crippen molar-refractivity contribution in [2.45, 2.75) is 64.6 Å². The second-order valence-corrected chi connectivity index (χ2v) is 8.20. The van der Waals surface area contributed by atoms with Crippen LogP contribution >= 0.6 is 0 Å². The minimum atomic E-state index is -0.860. The molecule has 0 spiro atoms. The third-order valence-corrected chi connectivity index (χ3v) is 5.53. The lowest BCUT2D eigenvalue weighted by Crippen LogP contribution is -2.41. The van der Waals surface area contributed by atoms with Gasteiger partial charge in [0, 0.05) is 25.6 Å². The normalized spacial score (nSPS) is 19.7. The number of hydrogen-bond donors (Lipinski definition) is 1. The van der Waals surface area contributed by atoms with Gasteiger partial charge < -0.3 is 10.2 Å². The molecule has 1 saturated carbocycles. The van der Waals surface area contributed by atoms with E-state index in [1.807, 2.05) is 35.2 Å². The SMILES string of the molecule is CC(C1CC1)N(Cc1ccccc1)C(=O)CCCN1C(=O)NC(C)(C)C1=O. The molecule has 2 fully saturated rings. The Kier molecular flexibility index (Phi) is 5.53. The molecule has 1 aliphatic heterocycles. The molecule has 2 aliphatic rings. The fraction of sp³-hybridized carbons (Fsp3) is 0.571. The first-order valence-electron chi connectivity index (χ1n) is 9.77. The Morgan fingerprint density at radius 1 is 1.26 bits per heavy atom. The summed E-state index contributed by atoms with van der Waals surface area (Å²) in [6, 6.07) is 9.86. The summed E-state index contributed by atoms with van der Waals surface area (Å²) in [7, 11) is 0. The molecule has 1 aromatic carbocycles. The topological polar surface area (TPSA) is 69.7 Å². The molecule has 6 heteroatoms. The second kappa shape index (κ2) is 7.71. The van der Waals surface area contributed by atoms with Crippen molar-refractivity contribution in [3.8, 4) is 0 Å². The lowest BCUT2D eigenvalue weighted by Gasteiger charge is -2.30. The largest absolute Gasteiger partial charge is 0.335 e. The smallest absolute Gasteiger partial charge is 0.325 e. The predicted molar refractivity (Wildman–Crippen MR) is 103 cm³/mol. The number of imide groups is 1. The summed E-state index contributed by atoms with van der Waals surface area (Å²) in [5.74, 6) is 0.446. The molecule has 4 amide bonds. The quantitative estimate of drug-likeness (QED) is 0.714. The highest BCUT2D eigenvalue weighted by atomic mass is 16.2. The first kappa shape index (κ1) is 19.4. The number of nitrogens with one attached hydrogen (secondary N) is 1. The van der Waals surface area contributed by atoms with E-state index in [2.05, 4.69) is 12.2 Å². The fourth-order valence-corrected chi connectivity index (χ4v) is 3.63. The molecule has 1 aromatic rings. The number of carbonyl (C=O) groups is 3. The average molecular weight is 371 g/mol. The van der Waals surface area contributed by atoms with E-state index in [0.717, 1.165) is 5.56 Å². The van der Waals surface area contributed by atoms with Gasteiger partial charge in [0.15, 0.2) is 0 Å². The van der Waals surface area contributed by atoms with Crippen LogP contribution in [0.15, 0.2) is 30.3 Å². The Labute approximate surface area is 160 Å². The molecule has 0 bridgehead atoms. The maximum absolute atomic E-state index is 12.9. The zero-order chi connectivity index (χ0) is 19.6. The van der Waals surface area contributed by atoms with E-state index in [1.54, 1.807) is 13.8 Å². The molecular formula is C21H29N3O3. The molecule has 1 saturated heterocycles. The van der Waals surface area contributed by atoms with E-state index in [1.165, 1.54) is 17.7 Å². The zero-order valence-corrected chi connectivity index (χ0v) is 16.4. The summed E-state index contributed by atoms with van der Waals surface area (Å²) in [6.45, 7) is 6.39. The molecule has 146 valence electrons. The van der Waals surface area contributed by atoms with Gasteiger partial charge in [-0.25, -0.2) is 4.79 Å². The Bertz CT molecular complexity index is 713. The summed E-state index contributed by atoms with van der Waals surface area (Å²) in [5.41, 5.74) is 0.259. The minimum absolute atomic E-state index is 0.0876. The van der Waals surface area contributed by atoms with Gasteiger partial charge in [0.1, 0.15) is 5.54 Å². The molecule has 1 N–H and O–H groups in total. The van der Waals surface area contributed by atoms with E-state index in [4.69, 9.17) is 0 Å². The molecular weight excluding hydrogens is 342 g/mol. The maximum atomic E-state index is 12.9. The van der Waals surface area contributed by atoms with E-state index >= 15 is 0 Å². The number of carbonyl (C=O) groups excluding carboxylic acids is 3. The standard InChI is InChI=1S/C21H29N3O3/c1-15(17-11-12-17)24(14-16-8-5-4-6-9-16)18(25)10-7-13-23-19(26)21(2,3)22-20(23)27/h4-6,8-9,15,17H,7,10-14H2,1-3H3,(H,22,27). The number of benzene rings is 1. The number of urea groups is 1. The van der Waals surface area contributed by atoms with Crippen LogP contribution in [0.5, 0.6) is 0 Å². The van der Waals surface area contributed by atoms with Crippen LogP contribution in [0.25, 0.3) is 0 Å². The van der Waals surface area contributed by atoms with Gasteiger partial charge in [-0.15, -0.1) is 0 Å². The molecule has 27 heavy (non-hydrogen) atoms. The predicted octanol–water partition coefficient (Wildman–Crippen LogP) is 2.92. The number of nitrogens with zero attached hydrogens (tertiary/aromatic N) is 2. The van der Waals surface area contributed by atoms with Crippen molar-refractivity contribution in [1.29, 1.82) is 0 Å². The van der Waals surface area contributed by atoms with Crippen LogP contribution in [0.2, 0.25) is 0 Å². The summed E-state index contributed by atoms with van der Waals surface area (Å²) >= 11 is 0. The van der Waals surface area contributed by atoms with Crippen molar-refractivity contribution >= 4 is 17.8 Å². The van der Waals surface area contributed by atoms with E-state index in [-0.39, 0.29) is 30.4 Å². The first-order valence-corrected chi connectivity index (χ1v) is 9.77. The number of rotatable bonds is 8. The number of amides is 4. The van der Waals surface area contributed by atoms with Gasteiger partial charge in [-0.1, -0.05) is 30.3 Å². The van der Waals surface area contributed by atoms with Crippen LogP contribution in [0.3, 0.4) is 0 Å². The third kappa shape index (κ3) is 4.49. The van der Waals surface area contributed by atoms with Crippen molar-refractivity contribution in [3.63, 3.8) is 0 Å². The Balaban J connectivity index is 1.58. The molecule has 1 unspecified atom stereocenters. The Morgan fingerprint density at radius 2 is 1.93 bits per heavy atom. The highest BCUT2D eigenvalue weighted by Crippen LogP contribution is 2.36. The highest BCUT2D eigenvalue weighted by molar-refractivity contribution is 6.06. The third-order valence-electron chi connectivity index (χ3n) is 5.53. The monoisotopic (exact) mass is 371 g/mol. The van der Waals surface area contributed by atoms with Crippen LogP contribution in [-0.2, 0) is 16.1 Å². The lowest BCUT2D eigenvalue weighted by atomic mass is 10.1. The first-order chi connectivity index (χ1) is 12.8. The van der Waals surface area contributed by atoms with E-state index < -0.39 is 5.54 Å². The molecule has 1 heterocycles. The van der Waals surface area contributed by atoms with Gasteiger partial charge in [-0.3, -0.25) is 14.5 Å². The van der Waals surface area contributed by atoms with Gasteiger partial charge in [-0.05, 0) is 51.5 Å². The van der Waals surface area contributed by atoms with Crippen molar-refractivity contribution in [2.24, 2.45) is 5.92 Å². The van der Waals surface area contributed by atoms with Crippen molar-refractivity contribution in [1.82, 2.24) is 15.1 Å². The van der Waals surface area contributed by atoms with Gasteiger partial charge in [0.05, 0.1) is 0 Å². The zero-order valence-electron chi connectivity index (χ0n) is 16.4. The number of hydrogen-bond acceptors (Lipinski definition) is 3. The van der Waals surface area contributed by atoms with Gasteiger partial charge in [0.2, 0.25) is 5.91 Å². The summed E-state index contributed by atoms with van der Waals surface area (Å²) in [5, 5.41) is 2.67. The van der Waals surface area contributed by atoms with Gasteiger partial charge in [-0.2, -0.15) is 0 Å². The van der Waals surface area contributed by atoms with E-state index in [9.17, 15) is 14.4 Å². The van der Waals surface area contributed by atoms with Crippen LogP contribution < -0.4 is 5.32 Å². The maximum Gasteiger partial charge on any atom is 0.325 e. The van der Waals surface area contributed by atoms with Crippen molar-refractivity contribution < 1.29 is 14.4 Å². The minimum Gasteiger partial charge on any atom is -0.335 e. The molecule has 1 atom stereocenters. The van der Waals surface area contributed by atoms with Crippen LogP contribution in [0, 0.1) is 5.92 Å². The van der Waals surface area contributed by atoms with Crippen molar-refractivity contribution in [3.05, 3.63) is 35.9 Å². The molecule has 0 aromatic heterocycles. The Morgan fingerprint density at radius 3 is 2.48 bits per heavy atom. The molecule has 3 rings (SSSR count). The summed E-state index contributed by atoms with van der Waals surface area (Å²) in [4.78, 5) is 40.3. The van der Waals surface area contributed by atoms with Crippen LogP contribution in [0.4, 0.5) is 4.79 Å². The lowest BCUT2D eigenvalue weighted by molar-refractivity contribution is -0.135. The summed E-state index contributed by atoms with van der Waals surface area (Å²) < 4.78 is 0. The van der Waals surface area contributed by atoms with Crippen molar-refractivity contribution in [2.75, 3.05) is 6.54 Å². The molecule has 1 aliphatic carbocycles. The molecule has 6 nitrogen and oxygen atoms in total. The van der Waals surface area contributed by atoms with Crippen LogP contribution in [-0.4, -0.2) is 45.8 Å². The fourth-order valence-electron chi connectivity index (χ4n) is 3.63. The van der Waals surface area contributed by atoms with Crippen LogP contribution in [0.1, 0.15) is 52.0 Å². The molecule has 0 radical (unpaired) electrons. The Hall–Kier alpha value is -2.37.